The van der Waals surface area contributed by atoms with Crippen molar-refractivity contribution in [3.63, 3.8) is 0 Å². The molecular weight excluding hydrogens is 380 g/mol. The van der Waals surface area contributed by atoms with Crippen LogP contribution in [0, 0.1) is 11.3 Å². The van der Waals surface area contributed by atoms with Gasteiger partial charge in [0.1, 0.15) is 17.5 Å². The Bertz CT molecular complexity index is 799. The lowest BCUT2D eigenvalue weighted by Gasteiger charge is -2.38. The third-order valence-electron chi connectivity index (χ3n) is 6.80. The molecule has 3 fully saturated rings. The van der Waals surface area contributed by atoms with E-state index in [0.29, 0.717) is 18.2 Å². The molecule has 1 spiro atoms. The zero-order valence-electron chi connectivity index (χ0n) is 18.1. The van der Waals surface area contributed by atoms with Crippen molar-refractivity contribution in [3.05, 3.63) is 23.9 Å². The molecule has 30 heavy (non-hydrogen) atoms. The number of ether oxygens (including phenoxy) is 1. The van der Waals surface area contributed by atoms with Crippen LogP contribution in [-0.4, -0.2) is 97.3 Å². The predicted molar refractivity (Wildman–Crippen MR) is 114 cm³/mol. The standard InChI is InChI=1S/C22H32N6O2/c1-25(2)19-6-12-26(16-19)10-4-11-28-17-22(30-21(28)29)7-13-27(14-8-22)20-18(15-23)5-3-9-24-20/h3,5,9,19H,4,6-8,10-14,16-17H2,1-2H3/t19-/m0/s1. The van der Waals surface area contributed by atoms with Crippen molar-refractivity contribution < 1.29 is 9.53 Å². The summed E-state index contributed by atoms with van der Waals surface area (Å²) in [7, 11) is 4.29. The Kier molecular flexibility index (Phi) is 6.11. The molecule has 8 nitrogen and oxygen atoms in total. The molecule has 3 saturated heterocycles. The molecule has 162 valence electrons. The Morgan fingerprint density at radius 2 is 2.10 bits per heavy atom. The van der Waals surface area contributed by atoms with Gasteiger partial charge in [-0.15, -0.1) is 0 Å². The van der Waals surface area contributed by atoms with Gasteiger partial charge in [0.25, 0.3) is 0 Å². The Labute approximate surface area is 179 Å². The number of rotatable bonds is 6. The number of aromatic nitrogens is 1. The molecule has 1 atom stereocenters. The van der Waals surface area contributed by atoms with Crippen LogP contribution in [0.1, 0.15) is 31.2 Å². The van der Waals surface area contributed by atoms with Gasteiger partial charge in [-0.2, -0.15) is 5.26 Å². The van der Waals surface area contributed by atoms with Crippen LogP contribution in [0.5, 0.6) is 0 Å². The SMILES string of the molecule is CN(C)[C@H]1CCN(CCCN2CC3(CCN(c4ncccc4C#N)CC3)OC2=O)C1. The van der Waals surface area contributed by atoms with Crippen LogP contribution >= 0.6 is 0 Å². The lowest BCUT2D eigenvalue weighted by atomic mass is 9.91. The fraction of sp³-hybridized carbons (Fsp3) is 0.682. The molecule has 3 aliphatic heterocycles. The van der Waals surface area contributed by atoms with Gasteiger partial charge in [0.05, 0.1) is 12.1 Å². The highest BCUT2D eigenvalue weighted by Crippen LogP contribution is 2.35. The quantitative estimate of drug-likeness (QED) is 0.705. The van der Waals surface area contributed by atoms with E-state index in [1.165, 1.54) is 6.42 Å². The number of amides is 1. The first kappa shape index (κ1) is 20.9. The fourth-order valence-electron chi connectivity index (χ4n) is 4.91. The van der Waals surface area contributed by atoms with Crippen molar-refractivity contribution in [2.45, 2.75) is 37.3 Å². The molecule has 0 saturated carbocycles. The molecule has 0 aliphatic carbocycles. The second kappa shape index (κ2) is 8.78. The van der Waals surface area contributed by atoms with Crippen LogP contribution in [0.25, 0.3) is 0 Å². The predicted octanol–water partition coefficient (Wildman–Crippen LogP) is 1.77. The highest BCUT2D eigenvalue weighted by atomic mass is 16.6. The minimum Gasteiger partial charge on any atom is -0.441 e. The van der Waals surface area contributed by atoms with E-state index in [9.17, 15) is 10.1 Å². The Morgan fingerprint density at radius 1 is 1.30 bits per heavy atom. The number of hydrogen-bond acceptors (Lipinski definition) is 7. The van der Waals surface area contributed by atoms with Gasteiger partial charge in [-0.1, -0.05) is 0 Å². The number of likely N-dealkylation sites (N-methyl/N-ethyl adjacent to an activating group) is 1. The van der Waals surface area contributed by atoms with Gasteiger partial charge in [-0.3, -0.25) is 0 Å². The summed E-state index contributed by atoms with van der Waals surface area (Å²) in [4.78, 5) is 25.7. The number of nitriles is 1. The zero-order chi connectivity index (χ0) is 21.1. The maximum atomic E-state index is 12.5. The number of nitrogens with zero attached hydrogens (tertiary/aromatic N) is 6. The third-order valence-corrected chi connectivity index (χ3v) is 6.80. The summed E-state index contributed by atoms with van der Waals surface area (Å²) >= 11 is 0. The highest BCUT2D eigenvalue weighted by molar-refractivity contribution is 5.71. The van der Waals surface area contributed by atoms with Crippen molar-refractivity contribution in [1.82, 2.24) is 19.7 Å². The second-order valence-electron chi connectivity index (χ2n) is 9.01. The monoisotopic (exact) mass is 412 g/mol. The topological polar surface area (TPSA) is 75.9 Å². The molecular formula is C22H32N6O2. The summed E-state index contributed by atoms with van der Waals surface area (Å²) in [6.07, 6.45) is 5.30. The van der Waals surface area contributed by atoms with Crippen LogP contribution in [0.4, 0.5) is 10.6 Å². The van der Waals surface area contributed by atoms with Crippen LogP contribution in [0.2, 0.25) is 0 Å². The molecule has 1 aromatic rings. The van der Waals surface area contributed by atoms with Gasteiger partial charge in [0, 0.05) is 51.3 Å². The van der Waals surface area contributed by atoms with E-state index in [4.69, 9.17) is 4.74 Å². The minimum atomic E-state index is -0.390. The van der Waals surface area contributed by atoms with E-state index in [2.05, 4.69) is 39.8 Å². The first-order valence-corrected chi connectivity index (χ1v) is 11.0. The second-order valence-corrected chi connectivity index (χ2v) is 9.01. The van der Waals surface area contributed by atoms with Crippen LogP contribution in [0.3, 0.4) is 0 Å². The Hall–Kier alpha value is -2.37. The molecule has 0 aromatic carbocycles. The zero-order valence-corrected chi connectivity index (χ0v) is 18.1. The largest absolute Gasteiger partial charge is 0.441 e. The number of piperidine rings is 1. The Morgan fingerprint density at radius 3 is 2.80 bits per heavy atom. The molecule has 1 aromatic heterocycles. The molecule has 3 aliphatic rings. The molecule has 0 unspecified atom stereocenters. The molecule has 1 amide bonds. The van der Waals surface area contributed by atoms with Crippen LogP contribution in [0.15, 0.2) is 18.3 Å². The average Bonchev–Trinajstić information content (AvgIpc) is 3.34. The number of hydrogen-bond donors (Lipinski definition) is 0. The molecule has 0 radical (unpaired) electrons. The van der Waals surface area contributed by atoms with Crippen molar-refractivity contribution >= 4 is 11.9 Å². The van der Waals surface area contributed by atoms with E-state index < -0.39 is 5.60 Å². The molecule has 8 heteroatoms. The lowest BCUT2D eigenvalue weighted by molar-refractivity contribution is 0.0365. The first-order valence-electron chi connectivity index (χ1n) is 11.0. The van der Waals surface area contributed by atoms with Gasteiger partial charge in [-0.25, -0.2) is 9.78 Å². The minimum absolute atomic E-state index is 0.174. The fourth-order valence-corrected chi connectivity index (χ4v) is 4.91. The summed E-state index contributed by atoms with van der Waals surface area (Å²) in [6.45, 7) is 6.21. The Balaban J connectivity index is 1.25. The van der Waals surface area contributed by atoms with E-state index in [1.54, 1.807) is 18.3 Å². The number of pyridine rings is 1. The smallest absolute Gasteiger partial charge is 0.410 e. The van der Waals surface area contributed by atoms with E-state index in [-0.39, 0.29) is 6.09 Å². The summed E-state index contributed by atoms with van der Waals surface area (Å²) in [5.41, 5.74) is 0.204. The summed E-state index contributed by atoms with van der Waals surface area (Å²) in [6, 6.07) is 6.45. The number of carbonyl (C=O) groups excluding carboxylic acids is 1. The maximum Gasteiger partial charge on any atom is 0.410 e. The molecule has 4 heterocycles. The lowest BCUT2D eigenvalue weighted by Crippen LogP contribution is -2.47. The van der Waals surface area contributed by atoms with Crippen molar-refractivity contribution in [2.75, 3.05) is 64.8 Å². The highest BCUT2D eigenvalue weighted by Gasteiger charge is 2.47. The summed E-state index contributed by atoms with van der Waals surface area (Å²) in [5.74, 6) is 0.734. The van der Waals surface area contributed by atoms with Crippen molar-refractivity contribution in [2.24, 2.45) is 0 Å². The van der Waals surface area contributed by atoms with Gasteiger partial charge in [-0.05, 0) is 52.2 Å². The summed E-state index contributed by atoms with van der Waals surface area (Å²) in [5, 5.41) is 9.33. The maximum absolute atomic E-state index is 12.5. The van der Waals surface area contributed by atoms with Crippen LogP contribution in [-0.2, 0) is 4.74 Å². The number of anilines is 1. The van der Waals surface area contributed by atoms with E-state index in [1.807, 2.05) is 4.90 Å². The molecule has 0 bridgehead atoms. The number of likely N-dealkylation sites (tertiary alicyclic amines) is 1. The van der Waals surface area contributed by atoms with Crippen molar-refractivity contribution in [1.29, 1.82) is 5.26 Å². The van der Waals surface area contributed by atoms with Gasteiger partial charge < -0.3 is 24.3 Å². The van der Waals surface area contributed by atoms with Gasteiger partial charge in [0.15, 0.2) is 0 Å². The number of carbonyl (C=O) groups is 1. The normalized spacial score (nSPS) is 23.9. The summed E-state index contributed by atoms with van der Waals surface area (Å²) < 4.78 is 5.87. The van der Waals surface area contributed by atoms with Crippen LogP contribution < -0.4 is 4.90 Å². The first-order chi connectivity index (χ1) is 14.5. The molecule has 4 rings (SSSR count). The molecule has 0 N–H and O–H groups in total. The van der Waals surface area contributed by atoms with Gasteiger partial charge in [0.2, 0.25) is 0 Å². The van der Waals surface area contributed by atoms with E-state index >= 15 is 0 Å². The van der Waals surface area contributed by atoms with Gasteiger partial charge >= 0.3 is 6.09 Å². The van der Waals surface area contributed by atoms with E-state index in [0.717, 1.165) is 64.3 Å². The third kappa shape index (κ3) is 4.37. The average molecular weight is 413 g/mol. The van der Waals surface area contributed by atoms with Crippen molar-refractivity contribution in [3.8, 4) is 6.07 Å².